The highest BCUT2D eigenvalue weighted by molar-refractivity contribution is 5.95. The normalized spacial score (nSPS) is 11.4. The van der Waals surface area contributed by atoms with Crippen molar-refractivity contribution in [3.8, 4) is 0 Å². The van der Waals surface area contributed by atoms with Gasteiger partial charge in [0, 0.05) is 6.42 Å². The molecule has 0 saturated carbocycles. The molecule has 19 heavy (non-hydrogen) atoms. The molecule has 3 N–H and O–H groups in total. The Hall–Kier alpha value is -2.37. The number of hydrogen-bond donors (Lipinski definition) is 3. The Balaban J connectivity index is 2.39. The summed E-state index contributed by atoms with van der Waals surface area (Å²) in [5.41, 5.74) is 0.913. The molecule has 1 rings (SSSR count). The van der Waals surface area contributed by atoms with Gasteiger partial charge in [0.1, 0.15) is 0 Å². The van der Waals surface area contributed by atoms with Crippen molar-refractivity contribution in [1.29, 1.82) is 0 Å². The van der Waals surface area contributed by atoms with Crippen LogP contribution in [0.25, 0.3) is 0 Å². The van der Waals surface area contributed by atoms with Crippen molar-refractivity contribution < 1.29 is 19.5 Å². The molecule has 0 spiro atoms. The van der Waals surface area contributed by atoms with Crippen LogP contribution in [0.4, 0.5) is 4.79 Å². The first-order valence-corrected chi connectivity index (χ1v) is 5.86. The number of benzene rings is 1. The minimum Gasteiger partial charge on any atom is -0.481 e. The Labute approximate surface area is 110 Å². The number of carboxylic acid groups (broad SMARTS) is 1. The third kappa shape index (κ3) is 5.67. The van der Waals surface area contributed by atoms with E-state index in [1.807, 2.05) is 30.3 Å². The number of carbonyl (C=O) groups excluding carboxylic acids is 2. The van der Waals surface area contributed by atoms with E-state index in [1.165, 1.54) is 0 Å². The summed E-state index contributed by atoms with van der Waals surface area (Å²) in [7, 11) is 0. The lowest BCUT2D eigenvalue weighted by Crippen LogP contribution is -2.40. The van der Waals surface area contributed by atoms with Gasteiger partial charge in [-0.15, -0.1) is 0 Å². The minimum atomic E-state index is -1.08. The first-order chi connectivity index (χ1) is 8.99. The predicted octanol–water partition coefficient (Wildman–Crippen LogP) is 1.44. The fourth-order valence-electron chi connectivity index (χ4n) is 1.47. The van der Waals surface area contributed by atoms with Gasteiger partial charge in [-0.1, -0.05) is 30.3 Å². The second kappa shape index (κ2) is 7.15. The SMILES string of the molecule is CC(NC(=O)NC(=O)CCC(=O)O)c1ccccc1. The summed E-state index contributed by atoms with van der Waals surface area (Å²) < 4.78 is 0. The Morgan fingerprint density at radius 3 is 2.37 bits per heavy atom. The van der Waals surface area contributed by atoms with Gasteiger partial charge < -0.3 is 10.4 Å². The van der Waals surface area contributed by atoms with Crippen LogP contribution in [-0.4, -0.2) is 23.0 Å². The molecule has 1 aromatic carbocycles. The number of urea groups is 1. The topological polar surface area (TPSA) is 95.5 Å². The maximum absolute atomic E-state index is 11.5. The number of carbonyl (C=O) groups is 3. The minimum absolute atomic E-state index is 0.220. The van der Waals surface area contributed by atoms with Crippen LogP contribution < -0.4 is 10.6 Å². The highest BCUT2D eigenvalue weighted by Crippen LogP contribution is 2.10. The summed E-state index contributed by atoms with van der Waals surface area (Å²) in [5.74, 6) is -1.69. The molecular weight excluding hydrogens is 248 g/mol. The molecule has 6 heteroatoms. The highest BCUT2D eigenvalue weighted by Gasteiger charge is 2.12. The van der Waals surface area contributed by atoms with Gasteiger partial charge in [0.25, 0.3) is 0 Å². The van der Waals surface area contributed by atoms with Crippen molar-refractivity contribution in [3.63, 3.8) is 0 Å². The molecule has 1 aromatic rings. The monoisotopic (exact) mass is 264 g/mol. The average Bonchev–Trinajstić information content (AvgIpc) is 2.37. The van der Waals surface area contributed by atoms with E-state index in [2.05, 4.69) is 10.6 Å². The molecule has 0 saturated heterocycles. The van der Waals surface area contributed by atoms with Gasteiger partial charge >= 0.3 is 12.0 Å². The Kier molecular flexibility index (Phi) is 5.53. The third-order valence-corrected chi connectivity index (χ3v) is 2.47. The molecule has 0 radical (unpaired) electrons. The molecule has 0 bridgehead atoms. The number of hydrogen-bond acceptors (Lipinski definition) is 3. The summed E-state index contributed by atoms with van der Waals surface area (Å²) in [4.78, 5) is 33.0. The van der Waals surface area contributed by atoms with Crippen molar-refractivity contribution in [2.75, 3.05) is 0 Å². The second-order valence-corrected chi connectivity index (χ2v) is 4.05. The zero-order chi connectivity index (χ0) is 14.3. The number of carboxylic acids is 1. The standard InChI is InChI=1S/C13H16N2O4/c1-9(10-5-3-2-4-6-10)14-13(19)15-11(16)7-8-12(17)18/h2-6,9H,7-8H2,1H3,(H,17,18)(H2,14,15,16,19). The van der Waals surface area contributed by atoms with E-state index >= 15 is 0 Å². The van der Waals surface area contributed by atoms with E-state index in [-0.39, 0.29) is 18.9 Å². The summed E-state index contributed by atoms with van der Waals surface area (Å²) in [5, 5.41) is 13.1. The molecule has 0 aliphatic heterocycles. The fraction of sp³-hybridized carbons (Fsp3) is 0.308. The molecule has 0 aliphatic carbocycles. The van der Waals surface area contributed by atoms with Crippen LogP contribution in [0.5, 0.6) is 0 Å². The summed E-state index contributed by atoms with van der Waals surface area (Å²) in [6, 6.07) is 8.41. The molecule has 6 nitrogen and oxygen atoms in total. The van der Waals surface area contributed by atoms with Crippen LogP contribution in [0.1, 0.15) is 31.4 Å². The average molecular weight is 264 g/mol. The van der Waals surface area contributed by atoms with Crippen molar-refractivity contribution in [1.82, 2.24) is 10.6 Å². The van der Waals surface area contributed by atoms with Crippen molar-refractivity contribution in [2.45, 2.75) is 25.8 Å². The fourth-order valence-corrected chi connectivity index (χ4v) is 1.47. The van der Waals surface area contributed by atoms with E-state index in [0.29, 0.717) is 0 Å². The molecule has 1 unspecified atom stereocenters. The van der Waals surface area contributed by atoms with Gasteiger partial charge in [-0.05, 0) is 12.5 Å². The first-order valence-electron chi connectivity index (χ1n) is 5.86. The van der Waals surface area contributed by atoms with E-state index in [9.17, 15) is 14.4 Å². The largest absolute Gasteiger partial charge is 0.481 e. The number of imide groups is 1. The van der Waals surface area contributed by atoms with Crippen molar-refractivity contribution >= 4 is 17.9 Å². The summed E-state index contributed by atoms with van der Waals surface area (Å²) >= 11 is 0. The van der Waals surface area contributed by atoms with Gasteiger partial charge in [-0.3, -0.25) is 14.9 Å². The van der Waals surface area contributed by atoms with Crippen molar-refractivity contribution in [3.05, 3.63) is 35.9 Å². The van der Waals surface area contributed by atoms with E-state index in [0.717, 1.165) is 5.56 Å². The van der Waals surface area contributed by atoms with Crippen LogP contribution in [0.15, 0.2) is 30.3 Å². The maximum atomic E-state index is 11.5. The lowest BCUT2D eigenvalue weighted by molar-refractivity contribution is -0.138. The third-order valence-electron chi connectivity index (χ3n) is 2.47. The predicted molar refractivity (Wildman–Crippen MR) is 68.4 cm³/mol. The quantitative estimate of drug-likeness (QED) is 0.749. The van der Waals surface area contributed by atoms with Crippen LogP contribution in [0.3, 0.4) is 0 Å². The lowest BCUT2D eigenvalue weighted by Gasteiger charge is -2.14. The Bertz CT molecular complexity index is 459. The van der Waals surface area contributed by atoms with E-state index in [4.69, 9.17) is 5.11 Å². The van der Waals surface area contributed by atoms with Crippen LogP contribution in [-0.2, 0) is 9.59 Å². The van der Waals surface area contributed by atoms with Crippen molar-refractivity contribution in [2.24, 2.45) is 0 Å². The van der Waals surface area contributed by atoms with Gasteiger partial charge in [0.2, 0.25) is 5.91 Å². The summed E-state index contributed by atoms with van der Waals surface area (Å²) in [6.07, 6.45) is -0.518. The molecule has 0 fully saturated rings. The molecule has 0 heterocycles. The number of nitrogens with one attached hydrogen (secondary N) is 2. The maximum Gasteiger partial charge on any atom is 0.321 e. The smallest absolute Gasteiger partial charge is 0.321 e. The van der Waals surface area contributed by atoms with Gasteiger partial charge in [-0.2, -0.15) is 0 Å². The molecule has 102 valence electrons. The van der Waals surface area contributed by atoms with Crippen LogP contribution >= 0.6 is 0 Å². The molecule has 0 aromatic heterocycles. The van der Waals surface area contributed by atoms with E-state index < -0.39 is 17.9 Å². The number of aliphatic carboxylic acids is 1. The van der Waals surface area contributed by atoms with Crippen LogP contribution in [0.2, 0.25) is 0 Å². The summed E-state index contributed by atoms with van der Waals surface area (Å²) in [6.45, 7) is 1.79. The van der Waals surface area contributed by atoms with Gasteiger partial charge in [-0.25, -0.2) is 4.79 Å². The second-order valence-electron chi connectivity index (χ2n) is 4.05. The Morgan fingerprint density at radius 1 is 1.16 bits per heavy atom. The van der Waals surface area contributed by atoms with Gasteiger partial charge in [0.15, 0.2) is 0 Å². The highest BCUT2D eigenvalue weighted by atomic mass is 16.4. The Morgan fingerprint density at radius 2 is 1.79 bits per heavy atom. The molecular formula is C13H16N2O4. The first kappa shape index (κ1) is 14.7. The molecule has 0 aliphatic rings. The van der Waals surface area contributed by atoms with E-state index in [1.54, 1.807) is 6.92 Å². The zero-order valence-corrected chi connectivity index (χ0v) is 10.6. The molecule has 1 atom stereocenters. The number of amides is 3. The van der Waals surface area contributed by atoms with Gasteiger partial charge in [0.05, 0.1) is 12.5 Å². The lowest BCUT2D eigenvalue weighted by atomic mass is 10.1. The molecule has 3 amide bonds. The number of rotatable bonds is 5. The van der Waals surface area contributed by atoms with Crippen LogP contribution in [0, 0.1) is 0 Å². The zero-order valence-electron chi connectivity index (χ0n) is 10.6.